The van der Waals surface area contributed by atoms with Gasteiger partial charge in [-0.1, -0.05) is 60.8 Å². The number of nitrogens with zero attached hydrogens (tertiary/aromatic N) is 2. The lowest BCUT2D eigenvalue weighted by Gasteiger charge is -2.32. The molecule has 0 aromatic rings. The minimum absolute atomic E-state index is 0.147. The Morgan fingerprint density at radius 3 is 2.68 bits per heavy atom. The summed E-state index contributed by atoms with van der Waals surface area (Å²) in [6, 6.07) is 0. The third-order valence-corrected chi connectivity index (χ3v) is 8.17. The summed E-state index contributed by atoms with van der Waals surface area (Å²) in [5.74, 6) is 1.46. The van der Waals surface area contributed by atoms with Crippen molar-refractivity contribution in [2.75, 3.05) is 6.26 Å². The van der Waals surface area contributed by atoms with Gasteiger partial charge < -0.3 is 5.11 Å². The van der Waals surface area contributed by atoms with Crippen LogP contribution in [0.5, 0.6) is 0 Å². The first-order valence-electron chi connectivity index (χ1n) is 9.88. The van der Waals surface area contributed by atoms with Gasteiger partial charge in [0.15, 0.2) is 0 Å². The summed E-state index contributed by atoms with van der Waals surface area (Å²) >= 11 is 3.76. The van der Waals surface area contributed by atoms with Crippen LogP contribution in [0.4, 0.5) is 0 Å². The molecule has 5 heteroatoms. The molecule has 0 bridgehead atoms. The SMILES string of the molecule is CSC1CC(C2CC=CC3=C2C2C=CC=CC2S3)=NC(C2C=CC=CC2O)=N1. The van der Waals surface area contributed by atoms with Gasteiger partial charge in [0, 0.05) is 34.1 Å². The van der Waals surface area contributed by atoms with Crippen molar-refractivity contribution in [1.82, 2.24) is 0 Å². The van der Waals surface area contributed by atoms with Crippen LogP contribution in [0.15, 0.2) is 81.2 Å². The molecule has 5 aliphatic rings. The quantitative estimate of drug-likeness (QED) is 0.736. The third-order valence-electron chi connectivity index (χ3n) is 6.00. The zero-order valence-corrected chi connectivity index (χ0v) is 17.4. The normalized spacial score (nSPS) is 38.4. The predicted octanol–water partition coefficient (Wildman–Crippen LogP) is 4.71. The summed E-state index contributed by atoms with van der Waals surface area (Å²) in [5.41, 5.74) is 2.78. The highest BCUT2D eigenvalue weighted by atomic mass is 32.2. The van der Waals surface area contributed by atoms with Crippen LogP contribution in [-0.4, -0.2) is 39.6 Å². The van der Waals surface area contributed by atoms with E-state index in [1.165, 1.54) is 16.2 Å². The van der Waals surface area contributed by atoms with E-state index in [0.29, 0.717) is 17.1 Å². The van der Waals surface area contributed by atoms with Crippen molar-refractivity contribution in [3.05, 3.63) is 71.2 Å². The van der Waals surface area contributed by atoms with Gasteiger partial charge in [0.25, 0.3) is 0 Å². The Kier molecular flexibility index (Phi) is 5.07. The molecule has 144 valence electrons. The van der Waals surface area contributed by atoms with E-state index in [1.54, 1.807) is 11.8 Å². The topological polar surface area (TPSA) is 45.0 Å². The molecule has 0 amide bonds. The summed E-state index contributed by atoms with van der Waals surface area (Å²) in [6.07, 6.45) is 24.8. The number of thioether (sulfide) groups is 2. The van der Waals surface area contributed by atoms with Crippen LogP contribution in [0, 0.1) is 17.8 Å². The molecular weight excluding hydrogens is 384 g/mol. The van der Waals surface area contributed by atoms with Crippen molar-refractivity contribution in [2.45, 2.75) is 29.6 Å². The van der Waals surface area contributed by atoms with Gasteiger partial charge >= 0.3 is 0 Å². The number of aliphatic imine (C=N–C) groups is 2. The van der Waals surface area contributed by atoms with E-state index in [-0.39, 0.29) is 11.3 Å². The van der Waals surface area contributed by atoms with Crippen molar-refractivity contribution >= 4 is 35.1 Å². The van der Waals surface area contributed by atoms with Gasteiger partial charge in [-0.05, 0) is 18.2 Å². The molecule has 0 saturated heterocycles. The van der Waals surface area contributed by atoms with Crippen molar-refractivity contribution < 1.29 is 5.11 Å². The molecule has 0 radical (unpaired) electrons. The highest BCUT2D eigenvalue weighted by Gasteiger charge is 2.40. The molecule has 6 atom stereocenters. The molecule has 2 heterocycles. The number of rotatable bonds is 3. The van der Waals surface area contributed by atoms with Gasteiger partial charge in [0.2, 0.25) is 0 Å². The zero-order valence-electron chi connectivity index (χ0n) is 15.8. The standard InChI is InChI=1S/C23H24N2OS2/c1-27-21-13-17(24-23(25-21)15-7-2-4-10-18(15)26)14-9-6-12-20-22(14)16-8-3-5-11-19(16)28-20/h2-8,10-12,14-16,18-19,21,26H,9,13H2,1H3. The second-order valence-corrected chi connectivity index (χ2v) is 9.89. The summed E-state index contributed by atoms with van der Waals surface area (Å²) < 4.78 is 0. The number of hydrogen-bond donors (Lipinski definition) is 1. The highest BCUT2D eigenvalue weighted by Crippen LogP contribution is 2.51. The van der Waals surface area contributed by atoms with E-state index in [9.17, 15) is 5.11 Å². The van der Waals surface area contributed by atoms with Crippen LogP contribution in [0.25, 0.3) is 0 Å². The number of allylic oxidation sites excluding steroid dienone is 8. The molecule has 3 aliphatic carbocycles. The lowest BCUT2D eigenvalue weighted by Crippen LogP contribution is -2.34. The van der Waals surface area contributed by atoms with Crippen molar-refractivity contribution in [1.29, 1.82) is 0 Å². The Hall–Kier alpha value is -1.56. The fourth-order valence-electron chi connectivity index (χ4n) is 4.60. The first-order chi connectivity index (χ1) is 13.7. The molecule has 6 unspecified atom stereocenters. The van der Waals surface area contributed by atoms with E-state index in [0.717, 1.165) is 18.7 Å². The van der Waals surface area contributed by atoms with Gasteiger partial charge in [-0.2, -0.15) is 0 Å². The number of aliphatic hydroxyl groups excluding tert-OH is 1. The van der Waals surface area contributed by atoms with Crippen LogP contribution < -0.4 is 0 Å². The van der Waals surface area contributed by atoms with E-state index in [1.807, 2.05) is 36.1 Å². The minimum atomic E-state index is -0.548. The summed E-state index contributed by atoms with van der Waals surface area (Å²) in [5, 5.41) is 11.1. The van der Waals surface area contributed by atoms with E-state index in [4.69, 9.17) is 9.98 Å². The Labute approximate surface area is 174 Å². The zero-order chi connectivity index (χ0) is 19.1. The molecule has 0 saturated carbocycles. The second-order valence-electron chi connectivity index (χ2n) is 7.66. The molecule has 1 N–H and O–H groups in total. The van der Waals surface area contributed by atoms with Crippen LogP contribution in [0.3, 0.4) is 0 Å². The monoisotopic (exact) mass is 408 g/mol. The Morgan fingerprint density at radius 2 is 1.86 bits per heavy atom. The summed E-state index contributed by atoms with van der Waals surface area (Å²) in [6.45, 7) is 0. The van der Waals surface area contributed by atoms with Crippen LogP contribution in [0.1, 0.15) is 12.8 Å². The van der Waals surface area contributed by atoms with Crippen molar-refractivity contribution in [3.8, 4) is 0 Å². The second kappa shape index (κ2) is 7.69. The Morgan fingerprint density at radius 1 is 1.07 bits per heavy atom. The molecule has 0 fully saturated rings. The van der Waals surface area contributed by atoms with Gasteiger partial charge in [-0.25, -0.2) is 4.99 Å². The fourth-order valence-corrected chi connectivity index (χ4v) is 6.58. The smallest absolute Gasteiger partial charge is 0.134 e. The Balaban J connectivity index is 1.49. The average Bonchev–Trinajstić information content (AvgIpc) is 3.12. The molecule has 3 nitrogen and oxygen atoms in total. The summed E-state index contributed by atoms with van der Waals surface area (Å²) in [7, 11) is 0. The largest absolute Gasteiger partial charge is 0.388 e. The molecule has 28 heavy (non-hydrogen) atoms. The van der Waals surface area contributed by atoms with E-state index < -0.39 is 6.10 Å². The van der Waals surface area contributed by atoms with Crippen molar-refractivity contribution in [2.24, 2.45) is 27.7 Å². The number of fused-ring (bicyclic) bond motifs is 2. The van der Waals surface area contributed by atoms with Crippen molar-refractivity contribution in [3.63, 3.8) is 0 Å². The van der Waals surface area contributed by atoms with Crippen LogP contribution in [-0.2, 0) is 0 Å². The molecule has 0 aromatic heterocycles. The molecule has 0 aromatic carbocycles. The third kappa shape index (κ3) is 3.23. The maximum atomic E-state index is 10.4. The lowest BCUT2D eigenvalue weighted by atomic mass is 9.77. The van der Waals surface area contributed by atoms with Gasteiger partial charge in [-0.3, -0.25) is 4.99 Å². The maximum Gasteiger partial charge on any atom is 0.134 e. The van der Waals surface area contributed by atoms with Crippen LogP contribution in [0.2, 0.25) is 0 Å². The van der Waals surface area contributed by atoms with Gasteiger partial charge in [0.05, 0.1) is 12.0 Å². The Bertz CT molecular complexity index is 906. The van der Waals surface area contributed by atoms with Gasteiger partial charge in [0.1, 0.15) is 11.2 Å². The number of amidine groups is 1. The molecule has 0 spiro atoms. The molecule has 2 aliphatic heterocycles. The lowest BCUT2D eigenvalue weighted by molar-refractivity contribution is 0.202. The predicted molar refractivity (Wildman–Crippen MR) is 122 cm³/mol. The minimum Gasteiger partial charge on any atom is -0.388 e. The molecular formula is C23H24N2OS2. The van der Waals surface area contributed by atoms with Crippen LogP contribution >= 0.6 is 23.5 Å². The number of hydrogen-bond acceptors (Lipinski definition) is 5. The maximum absolute atomic E-state index is 10.4. The first kappa shape index (κ1) is 18.5. The number of aliphatic hydroxyl groups is 1. The first-order valence-corrected chi connectivity index (χ1v) is 12.0. The van der Waals surface area contributed by atoms with Gasteiger partial charge in [-0.15, -0.1) is 23.5 Å². The average molecular weight is 409 g/mol. The van der Waals surface area contributed by atoms with E-state index in [2.05, 4.69) is 42.7 Å². The fraction of sp³-hybridized carbons (Fsp3) is 0.391. The molecule has 5 rings (SSSR count). The van der Waals surface area contributed by atoms with E-state index >= 15 is 0 Å². The summed E-state index contributed by atoms with van der Waals surface area (Å²) in [4.78, 5) is 11.4. The highest BCUT2D eigenvalue weighted by molar-refractivity contribution is 8.04.